The van der Waals surface area contributed by atoms with E-state index in [0.717, 1.165) is 42.9 Å². The summed E-state index contributed by atoms with van der Waals surface area (Å²) in [7, 11) is 0. The van der Waals surface area contributed by atoms with Gasteiger partial charge in [0.1, 0.15) is 0 Å². The number of amides is 1. The first-order chi connectivity index (χ1) is 19.1. The molecule has 0 heterocycles. The SMILES string of the molecule is CCCCCCCCCCCCCCON(c1ccccc1)C(O)CCN(O)C(=O)CCCCCCCCC. The highest BCUT2D eigenvalue weighted by molar-refractivity contribution is 5.74. The lowest BCUT2D eigenvalue weighted by Crippen LogP contribution is -2.39. The minimum atomic E-state index is -0.953. The number of carbonyl (C=O) groups is 1. The van der Waals surface area contributed by atoms with Crippen molar-refractivity contribution < 1.29 is 19.9 Å². The molecule has 39 heavy (non-hydrogen) atoms. The van der Waals surface area contributed by atoms with E-state index in [9.17, 15) is 15.1 Å². The van der Waals surface area contributed by atoms with Crippen molar-refractivity contribution in [2.45, 2.75) is 155 Å². The maximum absolute atomic E-state index is 12.3. The van der Waals surface area contributed by atoms with E-state index < -0.39 is 6.23 Å². The predicted molar refractivity (Wildman–Crippen MR) is 163 cm³/mol. The van der Waals surface area contributed by atoms with Gasteiger partial charge in [-0.1, -0.05) is 141 Å². The van der Waals surface area contributed by atoms with Gasteiger partial charge in [0.25, 0.3) is 0 Å². The highest BCUT2D eigenvalue weighted by Crippen LogP contribution is 2.19. The second-order valence-electron chi connectivity index (χ2n) is 11.0. The number of para-hydroxylation sites is 1. The highest BCUT2D eigenvalue weighted by atomic mass is 16.7. The molecule has 0 aliphatic carbocycles. The summed E-state index contributed by atoms with van der Waals surface area (Å²) in [5.41, 5.74) is 0.767. The largest absolute Gasteiger partial charge is 0.371 e. The maximum Gasteiger partial charge on any atom is 0.245 e. The van der Waals surface area contributed by atoms with Crippen LogP contribution in [0.25, 0.3) is 0 Å². The Morgan fingerprint density at radius 1 is 0.718 bits per heavy atom. The molecule has 1 aromatic carbocycles. The van der Waals surface area contributed by atoms with E-state index >= 15 is 0 Å². The molecule has 0 spiro atoms. The Bertz CT molecular complexity index is 673. The molecular formula is C33H60N2O4. The Morgan fingerprint density at radius 3 is 1.69 bits per heavy atom. The third-order valence-corrected chi connectivity index (χ3v) is 7.39. The molecule has 0 saturated heterocycles. The molecule has 1 rings (SSSR count). The van der Waals surface area contributed by atoms with Crippen molar-refractivity contribution in [3.63, 3.8) is 0 Å². The molecule has 0 radical (unpaired) electrons. The Hall–Kier alpha value is -1.63. The number of unbranched alkanes of at least 4 members (excludes halogenated alkanes) is 17. The van der Waals surface area contributed by atoms with Crippen molar-refractivity contribution in [2.75, 3.05) is 18.2 Å². The summed E-state index contributed by atoms with van der Waals surface area (Å²) >= 11 is 0. The number of carbonyl (C=O) groups excluding carboxylic acids is 1. The fourth-order valence-corrected chi connectivity index (χ4v) is 4.86. The molecule has 1 aromatic rings. The van der Waals surface area contributed by atoms with Crippen LogP contribution in [0.4, 0.5) is 5.69 Å². The number of aliphatic hydroxyl groups is 1. The van der Waals surface area contributed by atoms with Gasteiger partial charge in [0.2, 0.25) is 5.91 Å². The first-order valence-electron chi connectivity index (χ1n) is 16.2. The summed E-state index contributed by atoms with van der Waals surface area (Å²) in [6.45, 7) is 5.07. The molecule has 0 aromatic heterocycles. The van der Waals surface area contributed by atoms with Gasteiger partial charge in [-0.15, -0.1) is 0 Å². The summed E-state index contributed by atoms with van der Waals surface area (Å²) in [4.78, 5) is 18.3. The van der Waals surface area contributed by atoms with Gasteiger partial charge in [0.15, 0.2) is 6.23 Å². The fourth-order valence-electron chi connectivity index (χ4n) is 4.86. The van der Waals surface area contributed by atoms with Gasteiger partial charge in [-0.3, -0.25) is 14.8 Å². The van der Waals surface area contributed by atoms with Crippen LogP contribution in [0.15, 0.2) is 30.3 Å². The van der Waals surface area contributed by atoms with Gasteiger partial charge >= 0.3 is 0 Å². The molecule has 226 valence electrons. The zero-order chi connectivity index (χ0) is 28.4. The standard InChI is InChI=1S/C33H60N2O4/c1-3-5-7-9-11-12-13-14-15-17-19-24-30-39-35(31-25-21-20-22-26-31)33(37)28-29-34(38)32(36)27-23-18-16-10-8-6-4-2/h20-22,25-26,33,37-38H,3-19,23-24,27-30H2,1-2H3. The van der Waals surface area contributed by atoms with Crippen LogP contribution < -0.4 is 5.06 Å². The van der Waals surface area contributed by atoms with Crippen LogP contribution in [0.2, 0.25) is 0 Å². The van der Waals surface area contributed by atoms with Crippen molar-refractivity contribution in [2.24, 2.45) is 0 Å². The third-order valence-electron chi connectivity index (χ3n) is 7.39. The molecule has 6 heteroatoms. The Kier molecular flexibility index (Phi) is 23.0. The average molecular weight is 549 g/mol. The van der Waals surface area contributed by atoms with Crippen LogP contribution in [-0.2, 0) is 9.63 Å². The van der Waals surface area contributed by atoms with Gasteiger partial charge in [0, 0.05) is 12.8 Å². The second-order valence-corrected chi connectivity index (χ2v) is 11.0. The molecule has 1 amide bonds. The van der Waals surface area contributed by atoms with Gasteiger partial charge in [-0.25, -0.2) is 10.1 Å². The Balaban J connectivity index is 2.26. The van der Waals surface area contributed by atoms with Crippen molar-refractivity contribution in [3.8, 4) is 0 Å². The van der Waals surface area contributed by atoms with E-state index in [1.54, 1.807) is 0 Å². The fraction of sp³-hybridized carbons (Fsp3) is 0.788. The zero-order valence-electron chi connectivity index (χ0n) is 25.3. The van der Waals surface area contributed by atoms with Crippen LogP contribution in [0.3, 0.4) is 0 Å². The summed E-state index contributed by atoms with van der Waals surface area (Å²) < 4.78 is 0. The lowest BCUT2D eigenvalue weighted by Gasteiger charge is -2.29. The van der Waals surface area contributed by atoms with Gasteiger partial charge < -0.3 is 5.11 Å². The van der Waals surface area contributed by atoms with E-state index in [0.29, 0.717) is 13.0 Å². The van der Waals surface area contributed by atoms with Crippen LogP contribution >= 0.6 is 0 Å². The maximum atomic E-state index is 12.3. The summed E-state index contributed by atoms with van der Waals surface area (Å²) in [5.74, 6) is -0.278. The molecule has 0 aliphatic rings. The number of hydroxylamine groups is 3. The van der Waals surface area contributed by atoms with Crippen LogP contribution in [0.1, 0.15) is 149 Å². The number of aliphatic hydroxyl groups excluding tert-OH is 1. The highest BCUT2D eigenvalue weighted by Gasteiger charge is 2.20. The van der Waals surface area contributed by atoms with Crippen molar-refractivity contribution in [3.05, 3.63) is 30.3 Å². The van der Waals surface area contributed by atoms with Crippen molar-refractivity contribution >= 4 is 11.6 Å². The first kappa shape index (κ1) is 35.4. The predicted octanol–water partition coefficient (Wildman–Crippen LogP) is 9.19. The summed E-state index contributed by atoms with van der Waals surface area (Å²) in [5, 5.41) is 23.3. The lowest BCUT2D eigenvalue weighted by atomic mass is 10.1. The monoisotopic (exact) mass is 548 g/mol. The number of benzene rings is 1. The lowest BCUT2D eigenvalue weighted by molar-refractivity contribution is -0.167. The van der Waals surface area contributed by atoms with E-state index in [1.807, 2.05) is 30.3 Å². The third kappa shape index (κ3) is 19.1. The quantitative estimate of drug-likeness (QED) is 0.0496. The molecule has 0 bridgehead atoms. The molecule has 6 nitrogen and oxygen atoms in total. The smallest absolute Gasteiger partial charge is 0.245 e. The Morgan fingerprint density at radius 2 is 1.18 bits per heavy atom. The number of hydrogen-bond acceptors (Lipinski definition) is 5. The van der Waals surface area contributed by atoms with E-state index in [2.05, 4.69) is 13.8 Å². The van der Waals surface area contributed by atoms with E-state index in [1.165, 1.54) is 95.0 Å². The van der Waals surface area contributed by atoms with Gasteiger partial charge in [-0.05, 0) is 25.0 Å². The molecule has 0 saturated carbocycles. The zero-order valence-corrected chi connectivity index (χ0v) is 25.3. The number of rotatable bonds is 27. The second kappa shape index (κ2) is 25.3. The van der Waals surface area contributed by atoms with Crippen LogP contribution in [0, 0.1) is 0 Å². The minimum absolute atomic E-state index is 0.0712. The number of anilines is 1. The van der Waals surface area contributed by atoms with Crippen LogP contribution in [-0.4, -0.2) is 40.7 Å². The molecule has 0 aliphatic heterocycles. The molecule has 0 fully saturated rings. The van der Waals surface area contributed by atoms with Crippen molar-refractivity contribution in [1.29, 1.82) is 0 Å². The molecule has 2 N–H and O–H groups in total. The van der Waals surface area contributed by atoms with Crippen molar-refractivity contribution in [1.82, 2.24) is 5.06 Å². The molecule has 1 unspecified atom stereocenters. The number of hydrogen-bond donors (Lipinski definition) is 2. The minimum Gasteiger partial charge on any atom is -0.371 e. The molecular weight excluding hydrogens is 488 g/mol. The van der Waals surface area contributed by atoms with Crippen LogP contribution in [0.5, 0.6) is 0 Å². The Labute approximate surface area is 240 Å². The first-order valence-corrected chi connectivity index (χ1v) is 16.2. The molecule has 1 atom stereocenters. The van der Waals surface area contributed by atoms with Gasteiger partial charge in [0.05, 0.1) is 18.8 Å². The normalized spacial score (nSPS) is 12.0. The number of nitrogens with zero attached hydrogens (tertiary/aromatic N) is 2. The topological polar surface area (TPSA) is 73.2 Å². The summed E-state index contributed by atoms with van der Waals surface area (Å²) in [6.07, 6.45) is 23.0. The van der Waals surface area contributed by atoms with E-state index in [4.69, 9.17) is 4.84 Å². The summed E-state index contributed by atoms with van der Waals surface area (Å²) in [6, 6.07) is 9.54. The van der Waals surface area contributed by atoms with Gasteiger partial charge in [-0.2, -0.15) is 0 Å². The van der Waals surface area contributed by atoms with E-state index in [-0.39, 0.29) is 18.9 Å². The average Bonchev–Trinajstić information content (AvgIpc) is 2.95.